The first kappa shape index (κ1) is 18.9. The maximum atomic E-state index is 12.9. The van der Waals surface area contributed by atoms with E-state index in [2.05, 4.69) is 21.9 Å². The molecule has 27 heavy (non-hydrogen) atoms. The summed E-state index contributed by atoms with van der Waals surface area (Å²) in [5.41, 5.74) is 2.73. The highest BCUT2D eigenvalue weighted by Crippen LogP contribution is 2.25. The van der Waals surface area contributed by atoms with Crippen molar-refractivity contribution in [2.24, 2.45) is 0 Å². The minimum Gasteiger partial charge on any atom is -0.362 e. The van der Waals surface area contributed by atoms with E-state index < -0.39 is 10.0 Å². The summed E-state index contributed by atoms with van der Waals surface area (Å²) < 4.78 is 28.4. The van der Waals surface area contributed by atoms with E-state index in [4.69, 9.17) is 0 Å². The highest BCUT2D eigenvalue weighted by molar-refractivity contribution is 7.92. The van der Waals surface area contributed by atoms with Gasteiger partial charge in [-0.2, -0.15) is 0 Å². The zero-order valence-electron chi connectivity index (χ0n) is 15.4. The van der Waals surface area contributed by atoms with Crippen LogP contribution in [-0.2, 0) is 16.4 Å². The fourth-order valence-electron chi connectivity index (χ4n) is 2.76. The van der Waals surface area contributed by atoms with Gasteiger partial charge in [-0.3, -0.25) is 4.72 Å². The summed E-state index contributed by atoms with van der Waals surface area (Å²) in [7, 11) is -3.77. The first-order valence-corrected chi connectivity index (χ1v) is 10.4. The van der Waals surface area contributed by atoms with Gasteiger partial charge in [0.25, 0.3) is 10.0 Å². The molecule has 5 nitrogen and oxygen atoms in total. The number of hydrogen-bond acceptors (Lipinski definition) is 4. The van der Waals surface area contributed by atoms with Crippen molar-refractivity contribution in [3.63, 3.8) is 0 Å². The number of nitrogens with zero attached hydrogens (tertiary/aromatic N) is 1. The molecule has 0 bridgehead atoms. The molecule has 0 aliphatic heterocycles. The molecule has 140 valence electrons. The molecule has 1 aromatic heterocycles. The fraction of sp³-hybridized carbons (Fsp3) is 0.190. The maximum absolute atomic E-state index is 12.9. The van der Waals surface area contributed by atoms with E-state index in [-0.39, 0.29) is 10.9 Å². The van der Waals surface area contributed by atoms with Crippen molar-refractivity contribution in [1.82, 2.24) is 4.98 Å². The molecule has 0 radical (unpaired) electrons. The summed E-state index contributed by atoms with van der Waals surface area (Å²) in [5.74, 6) is 0.325. The van der Waals surface area contributed by atoms with Gasteiger partial charge in [0.2, 0.25) is 0 Å². The number of anilines is 2. The van der Waals surface area contributed by atoms with E-state index in [1.54, 1.807) is 30.5 Å². The van der Waals surface area contributed by atoms with E-state index in [0.29, 0.717) is 11.5 Å². The molecule has 0 spiro atoms. The molecule has 0 aliphatic rings. The minimum absolute atomic E-state index is 0.0844. The van der Waals surface area contributed by atoms with Crippen molar-refractivity contribution >= 4 is 21.5 Å². The van der Waals surface area contributed by atoms with Crippen LogP contribution in [0, 0.1) is 0 Å². The lowest BCUT2D eigenvalue weighted by Crippen LogP contribution is -2.17. The molecule has 0 saturated heterocycles. The maximum Gasteiger partial charge on any atom is 0.265 e. The predicted molar refractivity (Wildman–Crippen MR) is 109 cm³/mol. The summed E-state index contributed by atoms with van der Waals surface area (Å²) in [6.07, 6.45) is 2.48. The Hall–Kier alpha value is -2.86. The molecule has 0 unspecified atom stereocenters. The highest BCUT2D eigenvalue weighted by atomic mass is 32.2. The van der Waals surface area contributed by atoms with Gasteiger partial charge in [0.15, 0.2) is 0 Å². The normalized spacial score (nSPS) is 12.4. The van der Waals surface area contributed by atoms with Crippen LogP contribution >= 0.6 is 0 Å². The summed E-state index contributed by atoms with van der Waals surface area (Å²) in [4.78, 5) is 4.37. The second kappa shape index (κ2) is 8.22. The molecule has 6 heteroatoms. The molecule has 1 atom stereocenters. The standard InChI is InChI=1S/C21H23N3O2S/c1-3-17-11-13-19(14-12-17)24-27(25,26)20-10-7-15-22-21(20)23-16(2)18-8-5-4-6-9-18/h4-16,24H,3H2,1-2H3,(H,22,23)/t16-/m0/s1. The van der Waals surface area contributed by atoms with Crippen molar-refractivity contribution in [1.29, 1.82) is 0 Å². The fourth-order valence-corrected chi connectivity index (χ4v) is 3.94. The smallest absolute Gasteiger partial charge is 0.265 e. The number of aryl methyl sites for hydroxylation is 1. The van der Waals surface area contributed by atoms with Gasteiger partial charge in [-0.25, -0.2) is 13.4 Å². The molecule has 0 amide bonds. The largest absolute Gasteiger partial charge is 0.362 e. The number of rotatable bonds is 7. The van der Waals surface area contributed by atoms with Crippen LogP contribution in [0.4, 0.5) is 11.5 Å². The number of aromatic nitrogens is 1. The average Bonchev–Trinajstić information content (AvgIpc) is 2.69. The molecule has 0 saturated carbocycles. The third-order valence-corrected chi connectivity index (χ3v) is 5.74. The van der Waals surface area contributed by atoms with E-state index in [0.717, 1.165) is 17.5 Å². The van der Waals surface area contributed by atoms with Gasteiger partial charge in [-0.15, -0.1) is 0 Å². The van der Waals surface area contributed by atoms with Gasteiger partial charge in [0.05, 0.1) is 0 Å². The van der Waals surface area contributed by atoms with Crippen LogP contribution in [-0.4, -0.2) is 13.4 Å². The number of pyridine rings is 1. The third kappa shape index (κ3) is 4.65. The van der Waals surface area contributed by atoms with E-state index in [9.17, 15) is 8.42 Å². The molecule has 1 heterocycles. The Bertz CT molecular complexity index is 987. The van der Waals surface area contributed by atoms with Crippen LogP contribution in [0.1, 0.15) is 31.0 Å². The van der Waals surface area contributed by atoms with Crippen molar-refractivity contribution in [2.75, 3.05) is 10.0 Å². The van der Waals surface area contributed by atoms with E-state index >= 15 is 0 Å². The molecular weight excluding hydrogens is 358 g/mol. The van der Waals surface area contributed by atoms with E-state index in [1.807, 2.05) is 49.4 Å². The number of sulfonamides is 1. The van der Waals surface area contributed by atoms with Crippen molar-refractivity contribution in [2.45, 2.75) is 31.2 Å². The first-order valence-electron chi connectivity index (χ1n) is 8.88. The van der Waals surface area contributed by atoms with Gasteiger partial charge in [0.1, 0.15) is 10.7 Å². The van der Waals surface area contributed by atoms with Crippen LogP contribution < -0.4 is 10.0 Å². The Morgan fingerprint density at radius 2 is 1.67 bits per heavy atom. The Labute approximate surface area is 160 Å². The summed E-state index contributed by atoms with van der Waals surface area (Å²) in [6.45, 7) is 4.03. The first-order chi connectivity index (χ1) is 13.0. The van der Waals surface area contributed by atoms with Crippen LogP contribution in [0.15, 0.2) is 77.8 Å². The topological polar surface area (TPSA) is 71.1 Å². The lowest BCUT2D eigenvalue weighted by Gasteiger charge is -2.18. The molecule has 0 fully saturated rings. The Morgan fingerprint density at radius 1 is 0.963 bits per heavy atom. The number of hydrogen-bond donors (Lipinski definition) is 2. The minimum atomic E-state index is -3.77. The predicted octanol–water partition coefficient (Wildman–Crippen LogP) is 4.62. The number of nitrogens with one attached hydrogen (secondary N) is 2. The van der Waals surface area contributed by atoms with Crippen molar-refractivity contribution in [3.8, 4) is 0 Å². The van der Waals surface area contributed by atoms with Crippen LogP contribution in [0.2, 0.25) is 0 Å². The van der Waals surface area contributed by atoms with Crippen LogP contribution in [0.5, 0.6) is 0 Å². The third-order valence-electron chi connectivity index (χ3n) is 4.33. The number of benzene rings is 2. The lowest BCUT2D eigenvalue weighted by molar-refractivity contribution is 0.601. The highest BCUT2D eigenvalue weighted by Gasteiger charge is 2.21. The molecule has 2 N–H and O–H groups in total. The SMILES string of the molecule is CCc1ccc(NS(=O)(=O)c2cccnc2N[C@@H](C)c2ccccc2)cc1. The molecule has 0 aliphatic carbocycles. The van der Waals surface area contributed by atoms with Gasteiger partial charge in [0, 0.05) is 17.9 Å². The lowest BCUT2D eigenvalue weighted by atomic mass is 10.1. The average molecular weight is 382 g/mol. The van der Waals surface area contributed by atoms with Crippen LogP contribution in [0.3, 0.4) is 0 Å². The summed E-state index contributed by atoms with van der Waals surface area (Å²) in [5, 5.41) is 3.21. The molecule has 2 aromatic carbocycles. The van der Waals surface area contributed by atoms with Crippen LogP contribution in [0.25, 0.3) is 0 Å². The zero-order valence-corrected chi connectivity index (χ0v) is 16.2. The van der Waals surface area contributed by atoms with E-state index in [1.165, 1.54) is 0 Å². The quantitative estimate of drug-likeness (QED) is 0.626. The Kier molecular flexibility index (Phi) is 5.76. The van der Waals surface area contributed by atoms with Gasteiger partial charge < -0.3 is 5.32 Å². The van der Waals surface area contributed by atoms with Crippen molar-refractivity contribution in [3.05, 3.63) is 84.1 Å². The summed E-state index contributed by atoms with van der Waals surface area (Å²) in [6, 6.07) is 20.3. The van der Waals surface area contributed by atoms with Gasteiger partial charge in [-0.1, -0.05) is 49.4 Å². The summed E-state index contributed by atoms with van der Waals surface area (Å²) >= 11 is 0. The van der Waals surface area contributed by atoms with Gasteiger partial charge >= 0.3 is 0 Å². The Balaban J connectivity index is 1.85. The zero-order chi connectivity index (χ0) is 19.3. The monoisotopic (exact) mass is 381 g/mol. The Morgan fingerprint density at radius 3 is 2.33 bits per heavy atom. The van der Waals surface area contributed by atoms with Gasteiger partial charge in [-0.05, 0) is 48.7 Å². The van der Waals surface area contributed by atoms with Crippen molar-refractivity contribution < 1.29 is 8.42 Å². The second-order valence-electron chi connectivity index (χ2n) is 6.28. The second-order valence-corrected chi connectivity index (χ2v) is 7.93. The molecular formula is C21H23N3O2S. The molecule has 3 aromatic rings. The molecule has 3 rings (SSSR count).